The Labute approximate surface area is 214 Å². The van der Waals surface area contributed by atoms with E-state index in [2.05, 4.69) is 4.98 Å². The van der Waals surface area contributed by atoms with E-state index in [1.807, 2.05) is 6.07 Å². The average Bonchev–Trinajstić information content (AvgIpc) is 3.54. The number of carbonyl (C=O) groups excluding carboxylic acids is 2. The highest BCUT2D eigenvalue weighted by Crippen LogP contribution is 2.68. The van der Waals surface area contributed by atoms with E-state index in [0.29, 0.717) is 12.2 Å². The summed E-state index contributed by atoms with van der Waals surface area (Å²) in [6, 6.07) is 3.99. The maximum atomic E-state index is 13.7. The van der Waals surface area contributed by atoms with Crippen molar-refractivity contribution in [1.29, 1.82) is 0 Å². The number of carboxylic acids is 1. The molecule has 2 aliphatic carbocycles. The number of aliphatic carboxylic acids is 1. The number of likely N-dealkylation sites (tertiary alicyclic amines) is 1. The summed E-state index contributed by atoms with van der Waals surface area (Å²) >= 11 is 2.73. The third-order valence-corrected chi connectivity index (χ3v) is 11.1. The van der Waals surface area contributed by atoms with Gasteiger partial charge in [-0.1, -0.05) is 31.3 Å². The van der Waals surface area contributed by atoms with Crippen molar-refractivity contribution in [3.63, 3.8) is 0 Å². The molecule has 3 N–H and O–H groups in total. The molecule has 0 spiro atoms. The lowest BCUT2D eigenvalue weighted by atomic mass is 9.68. The summed E-state index contributed by atoms with van der Waals surface area (Å²) < 4.78 is 5.35. The molecule has 0 radical (unpaired) electrons. The van der Waals surface area contributed by atoms with Gasteiger partial charge in [0.25, 0.3) is 0 Å². The molecule has 4 aliphatic rings. The van der Waals surface area contributed by atoms with E-state index in [1.54, 1.807) is 37.7 Å². The Morgan fingerprint density at radius 3 is 2.50 bits per heavy atom. The fraction of sp³-hybridized carbons (Fsp3) is 0.520. The number of thioether (sulfide) groups is 1. The van der Waals surface area contributed by atoms with Crippen molar-refractivity contribution < 1.29 is 29.3 Å². The van der Waals surface area contributed by atoms with Crippen molar-refractivity contribution in [3.8, 4) is 11.5 Å². The Bertz CT molecular complexity index is 1350. The molecule has 190 valence electrons. The number of phenolic OH excluding ortho intramolecular Hbond substituents is 1. The third kappa shape index (κ3) is 3.08. The Hall–Kier alpha value is -2.79. The highest BCUT2D eigenvalue weighted by Gasteiger charge is 2.70. The van der Waals surface area contributed by atoms with Crippen molar-refractivity contribution in [3.05, 3.63) is 38.3 Å². The predicted octanol–water partition coefficient (Wildman–Crippen LogP) is 2.73. The van der Waals surface area contributed by atoms with E-state index in [4.69, 9.17) is 4.74 Å². The van der Waals surface area contributed by atoms with E-state index in [-0.39, 0.29) is 51.4 Å². The number of amides is 2. The molecule has 8 atom stereocenters. The molecule has 1 saturated heterocycles. The second-order valence-electron chi connectivity index (χ2n) is 10.5. The number of aromatic hydroxyl groups is 1. The monoisotopic (exact) mass is 530 g/mol. The number of carboxylic acid groups (broad SMARTS) is 1. The van der Waals surface area contributed by atoms with E-state index in [0.717, 1.165) is 31.7 Å². The number of hydrogen-bond acceptors (Lipinski definition) is 8. The number of thiazole rings is 1. The zero-order valence-corrected chi connectivity index (χ0v) is 21.5. The summed E-state index contributed by atoms with van der Waals surface area (Å²) in [5.74, 6) is -3.49. The number of methoxy groups -OCH3 is 1. The van der Waals surface area contributed by atoms with Crippen LogP contribution >= 0.6 is 23.1 Å². The molecule has 2 aliphatic heterocycles. The average molecular weight is 531 g/mol. The number of aromatic nitrogens is 1. The summed E-state index contributed by atoms with van der Waals surface area (Å²) in [5, 5.41) is 20.8. The molecule has 1 aromatic heterocycles. The first-order chi connectivity index (χ1) is 17.1. The van der Waals surface area contributed by atoms with Gasteiger partial charge in [-0.3, -0.25) is 19.3 Å². The van der Waals surface area contributed by atoms with Crippen molar-refractivity contribution in [1.82, 2.24) is 9.88 Å². The van der Waals surface area contributed by atoms with Crippen LogP contribution in [-0.4, -0.2) is 56.3 Å². The lowest BCUT2D eigenvalue weighted by molar-refractivity contribution is -0.157. The third-order valence-electron chi connectivity index (χ3n) is 8.48. The van der Waals surface area contributed by atoms with Crippen LogP contribution in [0.15, 0.2) is 28.0 Å². The van der Waals surface area contributed by atoms with Gasteiger partial charge in [0.1, 0.15) is 6.04 Å². The number of H-pyrrole nitrogens is 1. The first-order valence-corrected chi connectivity index (χ1v) is 13.7. The van der Waals surface area contributed by atoms with Gasteiger partial charge in [-0.2, -0.15) is 0 Å². The van der Waals surface area contributed by atoms with Gasteiger partial charge in [-0.05, 0) is 47.8 Å². The van der Waals surface area contributed by atoms with Crippen LogP contribution in [0.1, 0.15) is 36.6 Å². The minimum atomic E-state index is -1.18. The van der Waals surface area contributed by atoms with Gasteiger partial charge in [0, 0.05) is 16.0 Å². The van der Waals surface area contributed by atoms with Crippen molar-refractivity contribution in [2.45, 2.75) is 42.5 Å². The van der Waals surface area contributed by atoms with Crippen LogP contribution in [0, 0.1) is 35.5 Å². The van der Waals surface area contributed by atoms with Crippen molar-refractivity contribution in [2.75, 3.05) is 7.11 Å². The molecule has 3 heterocycles. The van der Waals surface area contributed by atoms with Crippen molar-refractivity contribution in [2.24, 2.45) is 35.5 Å². The first kappa shape index (κ1) is 23.6. The fourth-order valence-electron chi connectivity index (χ4n) is 7.27. The molecule has 1 aromatic carbocycles. The first-order valence-electron chi connectivity index (χ1n) is 12.0. The molecular weight excluding hydrogens is 504 g/mol. The molecule has 2 aromatic rings. The summed E-state index contributed by atoms with van der Waals surface area (Å²) in [5.41, 5.74) is 0.875. The van der Waals surface area contributed by atoms with E-state index >= 15 is 0 Å². The Balaban J connectivity index is 1.45. The van der Waals surface area contributed by atoms with Crippen LogP contribution in [-0.2, 0) is 14.4 Å². The molecule has 2 saturated carbocycles. The number of nitrogens with zero attached hydrogens (tertiary/aromatic N) is 1. The van der Waals surface area contributed by atoms with Gasteiger partial charge < -0.3 is 19.9 Å². The maximum absolute atomic E-state index is 13.7. The lowest BCUT2D eigenvalue weighted by Crippen LogP contribution is -2.49. The van der Waals surface area contributed by atoms with E-state index in [1.165, 1.54) is 7.11 Å². The predicted molar refractivity (Wildman–Crippen MR) is 131 cm³/mol. The van der Waals surface area contributed by atoms with Gasteiger partial charge >= 0.3 is 10.8 Å². The molecule has 3 fully saturated rings. The van der Waals surface area contributed by atoms with Crippen LogP contribution < -0.4 is 9.61 Å². The summed E-state index contributed by atoms with van der Waals surface area (Å²) in [7, 11) is 1.48. The van der Waals surface area contributed by atoms with E-state index in [9.17, 15) is 29.4 Å². The molecule has 9 nitrogen and oxygen atoms in total. The Kier molecular flexibility index (Phi) is 5.31. The molecule has 6 rings (SSSR count). The molecule has 11 heteroatoms. The molecule has 2 amide bonds. The molecular formula is C25H26N2O7S2. The molecule has 36 heavy (non-hydrogen) atoms. The Morgan fingerprint density at radius 2 is 1.86 bits per heavy atom. The largest absolute Gasteiger partial charge is 0.504 e. The zero-order chi connectivity index (χ0) is 25.6. The second-order valence-corrected chi connectivity index (χ2v) is 12.7. The summed E-state index contributed by atoms with van der Waals surface area (Å²) in [6.45, 7) is 3.42. The smallest absolute Gasteiger partial charge is 0.327 e. The molecule has 2 bridgehead atoms. The fourth-order valence-corrected chi connectivity index (χ4v) is 10.2. The minimum absolute atomic E-state index is 0.00201. The van der Waals surface area contributed by atoms with Crippen molar-refractivity contribution >= 4 is 40.9 Å². The van der Waals surface area contributed by atoms with Gasteiger partial charge in [-0.15, -0.1) is 11.8 Å². The number of carbonyl (C=O) groups is 3. The zero-order valence-electron chi connectivity index (χ0n) is 19.8. The normalized spacial score (nSPS) is 33.0. The number of phenols is 1. The number of rotatable bonds is 5. The minimum Gasteiger partial charge on any atom is -0.504 e. The van der Waals surface area contributed by atoms with E-state index < -0.39 is 29.8 Å². The summed E-state index contributed by atoms with van der Waals surface area (Å²) in [6.07, 6.45) is 0.716. The number of aromatic amines is 1. The van der Waals surface area contributed by atoms with Crippen LogP contribution in [0.3, 0.4) is 0 Å². The Morgan fingerprint density at radius 1 is 1.17 bits per heavy atom. The quantitative estimate of drug-likeness (QED) is 0.502. The SMILES string of the molecule is COc1cc([C@@H]2c3sc(=O)[nH]c3S[C@@H]3[C@H]4C[C@@H]([C@@H]5C(=O)N([C@H](C(=O)O)C(C)C)C(=O)[C@@H]45)[C@H]23)ccc1O. The number of fused-ring (bicyclic) bond motifs is 9. The van der Waals surface area contributed by atoms with Crippen LogP contribution in [0.4, 0.5) is 0 Å². The molecule has 0 unspecified atom stereocenters. The van der Waals surface area contributed by atoms with Crippen LogP contribution in [0.25, 0.3) is 0 Å². The van der Waals surface area contributed by atoms with Gasteiger partial charge in [-0.25, -0.2) is 4.79 Å². The lowest BCUT2D eigenvalue weighted by Gasteiger charge is -2.43. The van der Waals surface area contributed by atoms with Gasteiger partial charge in [0.05, 0.1) is 24.0 Å². The topological polar surface area (TPSA) is 137 Å². The number of ether oxygens (including phenoxy) is 1. The standard InChI is InChI=1S/C25H26N2O7S2/c1-8(2)18(24(31)32)27-22(29)16-10-7-11(17(16)23(27)30)19-15(10)14(20-21(35-19)26-25(33)36-20)9-4-5-12(28)13(6-9)34-3/h4-6,8,10-11,14-19,28H,7H2,1-3H3,(H,26,33)(H,31,32)/t10-,11+,14+,15-,16+,17+,18+,19-/m1/s1. The second kappa shape index (κ2) is 8.11. The summed E-state index contributed by atoms with van der Waals surface area (Å²) in [4.78, 5) is 56.4. The maximum Gasteiger partial charge on any atom is 0.327 e. The van der Waals surface area contributed by atoms with Crippen LogP contribution in [0.2, 0.25) is 0 Å². The number of benzene rings is 1. The number of nitrogens with one attached hydrogen (secondary N) is 1. The number of imide groups is 1. The highest BCUT2D eigenvalue weighted by atomic mass is 32.2. The van der Waals surface area contributed by atoms with Gasteiger partial charge in [0.15, 0.2) is 11.5 Å². The number of hydrogen-bond donors (Lipinski definition) is 3. The van der Waals surface area contributed by atoms with Gasteiger partial charge in [0.2, 0.25) is 11.8 Å². The van der Waals surface area contributed by atoms with Crippen LogP contribution in [0.5, 0.6) is 11.5 Å². The highest BCUT2D eigenvalue weighted by molar-refractivity contribution is 8.00.